The van der Waals surface area contributed by atoms with Gasteiger partial charge < -0.3 is 0 Å². The van der Waals surface area contributed by atoms with E-state index in [4.69, 9.17) is 8.74 Å². The van der Waals surface area contributed by atoms with E-state index < -0.39 is 16.5 Å². The number of fused-ring (bicyclic) bond motifs is 1. The second-order valence-electron chi connectivity index (χ2n) is 8.54. The first kappa shape index (κ1) is 19.7. The van der Waals surface area contributed by atoms with Crippen LogP contribution in [0.5, 0.6) is 0 Å². The lowest BCUT2D eigenvalue weighted by atomic mass is 9.48. The third kappa shape index (κ3) is 4.12. The standard InChI is InChI=1S/C19H32O4S/c1-6-8-15(23-24(20,21)22)13-16-14(2)9-10-17-18(3,4)11-7-12-19(16,17)5/h6,9,15-17H,1,7-8,10-13H2,2-5H3,(H,20,21,22)/t15?,16-,17-,19+/m0/s1. The van der Waals surface area contributed by atoms with E-state index in [0.29, 0.717) is 24.2 Å². The van der Waals surface area contributed by atoms with E-state index in [-0.39, 0.29) is 11.3 Å². The Hall–Kier alpha value is -0.650. The van der Waals surface area contributed by atoms with Gasteiger partial charge in [-0.3, -0.25) is 4.55 Å². The van der Waals surface area contributed by atoms with Gasteiger partial charge in [0.1, 0.15) is 0 Å². The van der Waals surface area contributed by atoms with Crippen molar-refractivity contribution in [3.05, 3.63) is 24.3 Å². The molecule has 0 heterocycles. The highest BCUT2D eigenvalue weighted by molar-refractivity contribution is 7.80. The van der Waals surface area contributed by atoms with E-state index >= 15 is 0 Å². The Morgan fingerprint density at radius 2 is 2.08 bits per heavy atom. The molecule has 2 aliphatic carbocycles. The summed E-state index contributed by atoms with van der Waals surface area (Å²) >= 11 is 0. The normalized spacial score (nSPS) is 34.1. The molecule has 0 spiro atoms. The minimum Gasteiger partial charge on any atom is -0.264 e. The molecule has 0 aliphatic heterocycles. The van der Waals surface area contributed by atoms with Crippen LogP contribution in [0.3, 0.4) is 0 Å². The van der Waals surface area contributed by atoms with Crippen molar-refractivity contribution in [3.8, 4) is 0 Å². The van der Waals surface area contributed by atoms with E-state index in [2.05, 4.69) is 40.3 Å². The van der Waals surface area contributed by atoms with E-state index in [1.807, 2.05) is 0 Å². The van der Waals surface area contributed by atoms with Gasteiger partial charge in [0.25, 0.3) is 0 Å². The maximum atomic E-state index is 11.2. The van der Waals surface area contributed by atoms with Crippen LogP contribution in [0, 0.1) is 22.7 Å². The molecule has 1 saturated carbocycles. The molecule has 0 aromatic carbocycles. The molecule has 0 radical (unpaired) electrons. The zero-order valence-corrected chi connectivity index (χ0v) is 16.2. The Bertz CT molecular complexity index is 605. The van der Waals surface area contributed by atoms with Crippen molar-refractivity contribution < 1.29 is 17.2 Å². The lowest BCUT2D eigenvalue weighted by Gasteiger charge is -2.57. The monoisotopic (exact) mass is 356 g/mol. The number of allylic oxidation sites excluding steroid dienone is 2. The molecule has 0 aromatic rings. The minimum absolute atomic E-state index is 0.141. The molecule has 0 bridgehead atoms. The fourth-order valence-electron chi connectivity index (χ4n) is 5.39. The van der Waals surface area contributed by atoms with Gasteiger partial charge in [-0.1, -0.05) is 44.9 Å². The molecule has 1 N–H and O–H groups in total. The van der Waals surface area contributed by atoms with Crippen LogP contribution < -0.4 is 0 Å². The number of rotatable bonds is 6. The first-order valence-electron chi connectivity index (χ1n) is 8.93. The summed E-state index contributed by atoms with van der Waals surface area (Å²) in [6.07, 6.45) is 9.11. The van der Waals surface area contributed by atoms with Gasteiger partial charge in [-0.15, -0.1) is 6.58 Å². The molecule has 138 valence electrons. The highest BCUT2D eigenvalue weighted by atomic mass is 32.3. The summed E-state index contributed by atoms with van der Waals surface area (Å²) < 4.78 is 36.4. The Labute approximate surface area is 147 Å². The Morgan fingerprint density at radius 3 is 2.67 bits per heavy atom. The summed E-state index contributed by atoms with van der Waals surface area (Å²) in [5.41, 5.74) is 1.75. The van der Waals surface area contributed by atoms with Gasteiger partial charge in [0.15, 0.2) is 0 Å². The zero-order chi connectivity index (χ0) is 18.2. The molecule has 2 rings (SSSR count). The fourth-order valence-corrected chi connectivity index (χ4v) is 5.89. The van der Waals surface area contributed by atoms with Gasteiger partial charge in [0.2, 0.25) is 0 Å². The Balaban J connectivity index is 2.30. The van der Waals surface area contributed by atoms with Crippen molar-refractivity contribution in [2.45, 2.75) is 72.3 Å². The summed E-state index contributed by atoms with van der Waals surface area (Å²) in [5.74, 6) is 0.852. The summed E-state index contributed by atoms with van der Waals surface area (Å²) in [7, 11) is -4.45. The third-order valence-corrected chi connectivity index (χ3v) is 7.00. The number of hydrogen-bond donors (Lipinski definition) is 1. The van der Waals surface area contributed by atoms with Crippen molar-refractivity contribution in [1.82, 2.24) is 0 Å². The Kier molecular flexibility index (Phi) is 5.68. The van der Waals surface area contributed by atoms with Crippen molar-refractivity contribution in [2.24, 2.45) is 22.7 Å². The van der Waals surface area contributed by atoms with Crippen LogP contribution in [0.4, 0.5) is 0 Å². The molecule has 5 heteroatoms. The maximum absolute atomic E-state index is 11.2. The number of hydrogen-bond acceptors (Lipinski definition) is 3. The van der Waals surface area contributed by atoms with Gasteiger partial charge in [-0.2, -0.15) is 8.42 Å². The van der Waals surface area contributed by atoms with Crippen molar-refractivity contribution in [1.29, 1.82) is 0 Å². The largest absolute Gasteiger partial charge is 0.397 e. The van der Waals surface area contributed by atoms with Crippen LogP contribution in [-0.4, -0.2) is 19.1 Å². The molecule has 0 aromatic heterocycles. The molecule has 1 fully saturated rings. The molecule has 0 saturated heterocycles. The van der Waals surface area contributed by atoms with Gasteiger partial charge in [-0.05, 0) is 61.7 Å². The lowest BCUT2D eigenvalue weighted by molar-refractivity contribution is -0.0475. The second kappa shape index (κ2) is 6.93. The SMILES string of the molecule is C=CCC(C[C@H]1C(C)=CC[C@H]2C(C)(C)CCC[C@]12C)OS(=O)(=O)O. The average Bonchev–Trinajstić information content (AvgIpc) is 2.40. The van der Waals surface area contributed by atoms with E-state index in [1.54, 1.807) is 6.08 Å². The van der Waals surface area contributed by atoms with Gasteiger partial charge >= 0.3 is 10.4 Å². The topological polar surface area (TPSA) is 63.6 Å². The zero-order valence-electron chi connectivity index (χ0n) is 15.4. The quantitative estimate of drug-likeness (QED) is 0.541. The average molecular weight is 357 g/mol. The molecule has 24 heavy (non-hydrogen) atoms. The van der Waals surface area contributed by atoms with E-state index in [1.165, 1.54) is 18.4 Å². The van der Waals surface area contributed by atoms with Crippen LogP contribution in [0.1, 0.15) is 66.2 Å². The maximum Gasteiger partial charge on any atom is 0.397 e. The summed E-state index contributed by atoms with van der Waals surface area (Å²) in [5, 5.41) is 0. The van der Waals surface area contributed by atoms with Gasteiger partial charge in [0, 0.05) is 0 Å². The predicted octanol–water partition coefficient (Wildman–Crippen LogP) is 4.94. The lowest BCUT2D eigenvalue weighted by Crippen LogP contribution is -2.49. The van der Waals surface area contributed by atoms with Gasteiger partial charge in [0.05, 0.1) is 6.10 Å². The summed E-state index contributed by atoms with van der Waals surface area (Å²) in [4.78, 5) is 0. The van der Waals surface area contributed by atoms with Crippen LogP contribution in [0.2, 0.25) is 0 Å². The molecule has 1 unspecified atom stereocenters. The second-order valence-corrected chi connectivity index (χ2v) is 9.59. The van der Waals surface area contributed by atoms with Crippen molar-refractivity contribution >= 4 is 10.4 Å². The highest BCUT2D eigenvalue weighted by Gasteiger charge is 2.52. The van der Waals surface area contributed by atoms with E-state index in [0.717, 1.165) is 12.8 Å². The summed E-state index contributed by atoms with van der Waals surface area (Å²) in [6, 6.07) is 0. The van der Waals surface area contributed by atoms with Crippen LogP contribution in [0.25, 0.3) is 0 Å². The fraction of sp³-hybridized carbons (Fsp3) is 0.789. The molecule has 4 nitrogen and oxygen atoms in total. The van der Waals surface area contributed by atoms with Crippen LogP contribution in [-0.2, 0) is 14.6 Å². The first-order chi connectivity index (χ1) is 11.0. The Morgan fingerprint density at radius 1 is 1.42 bits per heavy atom. The molecular weight excluding hydrogens is 324 g/mol. The predicted molar refractivity (Wildman–Crippen MR) is 96.9 cm³/mol. The molecular formula is C19H32O4S. The minimum atomic E-state index is -4.45. The van der Waals surface area contributed by atoms with Crippen molar-refractivity contribution in [2.75, 3.05) is 0 Å². The molecule has 2 aliphatic rings. The van der Waals surface area contributed by atoms with Gasteiger partial charge in [-0.25, -0.2) is 4.18 Å². The molecule has 0 amide bonds. The van der Waals surface area contributed by atoms with Crippen LogP contribution >= 0.6 is 0 Å². The first-order valence-corrected chi connectivity index (χ1v) is 10.3. The highest BCUT2D eigenvalue weighted by Crippen LogP contribution is 2.60. The molecule has 4 atom stereocenters. The van der Waals surface area contributed by atoms with Crippen molar-refractivity contribution in [3.63, 3.8) is 0 Å². The summed E-state index contributed by atoms with van der Waals surface area (Å²) in [6.45, 7) is 12.9. The third-order valence-electron chi connectivity index (χ3n) is 6.48. The van der Waals surface area contributed by atoms with E-state index in [9.17, 15) is 8.42 Å². The smallest absolute Gasteiger partial charge is 0.264 e. The van der Waals surface area contributed by atoms with Crippen LogP contribution in [0.15, 0.2) is 24.3 Å².